The summed E-state index contributed by atoms with van der Waals surface area (Å²) >= 11 is 0. The maximum atomic E-state index is 7.80. The van der Waals surface area contributed by atoms with Crippen LogP contribution in [0.25, 0.3) is 11.1 Å². The quantitative estimate of drug-likeness (QED) is 0.1000. The van der Waals surface area contributed by atoms with Crippen molar-refractivity contribution < 1.29 is 4.74 Å². The van der Waals surface area contributed by atoms with E-state index in [1.165, 1.54) is 21.9 Å². The average Bonchev–Trinajstić information content (AvgIpc) is 0.760. The molecular formula is C78H54B2N5OP. The molecule has 1 atom stereocenters. The largest absolute Gasteiger partial charge is 0.458 e. The Kier molecular flexibility index (Phi) is 12.1. The molecule has 1 unspecified atom stereocenters. The van der Waals surface area contributed by atoms with Gasteiger partial charge in [0.15, 0.2) is 0 Å². The molecule has 0 aliphatic carbocycles. The van der Waals surface area contributed by atoms with Crippen LogP contribution in [0.1, 0.15) is 0 Å². The third-order valence-corrected chi connectivity index (χ3v) is 18.2. The van der Waals surface area contributed by atoms with E-state index in [1.807, 2.05) is 0 Å². The molecule has 0 saturated carbocycles. The molecule has 0 saturated heterocycles. The Hall–Kier alpha value is -10.8. The van der Waals surface area contributed by atoms with E-state index in [-0.39, 0.29) is 13.4 Å². The third kappa shape index (κ3) is 8.24. The molecule has 4 aliphatic heterocycles. The van der Waals surface area contributed by atoms with Crippen LogP contribution in [0, 0.1) is 0 Å². The van der Waals surface area contributed by atoms with E-state index in [4.69, 9.17) is 4.74 Å². The summed E-state index contributed by atoms with van der Waals surface area (Å²) in [4.78, 5) is 12.3. The van der Waals surface area contributed by atoms with Crippen LogP contribution < -0.4 is 67.3 Å². The van der Waals surface area contributed by atoms with Crippen LogP contribution in [0.4, 0.5) is 85.3 Å². The standard InChI is InChI=1S/C78H54B2N5OP/c87-75-46-26-41-62(53-27-8-1-9-28-53)78(75)85-69-52-73-66(80-64-43-23-25-45-68(64)84(59-39-20-7-21-40-59)72-49-61(50-74(86-73)77(72)80)82(56-33-14-4-15-34-56)57-35-16-5-17-36-57)51-65(69)79-63-42-22-24-44-67(63)83(58-37-18-6-19-38-58)70-47-60(48-71(85)76(70)79)81(54-29-10-2-11-30-54)55-31-12-3-13-32-55/h1-52H,87H2. The highest BCUT2D eigenvalue weighted by Gasteiger charge is 2.48. The van der Waals surface area contributed by atoms with Gasteiger partial charge in [0, 0.05) is 85.9 Å². The molecular weight excluding hydrogens is 1080 g/mol. The van der Waals surface area contributed by atoms with Crippen molar-refractivity contribution in [3.05, 3.63) is 315 Å². The first-order valence-electron chi connectivity index (χ1n) is 29.8. The summed E-state index contributed by atoms with van der Waals surface area (Å²) in [6.45, 7) is -0.379. The number of rotatable bonds is 10. The van der Waals surface area contributed by atoms with Gasteiger partial charge in [-0.2, -0.15) is 0 Å². The van der Waals surface area contributed by atoms with Crippen LogP contribution in [0.3, 0.4) is 0 Å². The molecule has 0 N–H and O–H groups in total. The van der Waals surface area contributed by atoms with Gasteiger partial charge in [-0.3, -0.25) is 0 Å². The van der Waals surface area contributed by atoms with Crippen LogP contribution in [0.2, 0.25) is 0 Å². The zero-order valence-corrected chi connectivity index (χ0v) is 48.6. The van der Waals surface area contributed by atoms with Gasteiger partial charge in [-0.05, 0) is 147 Å². The second-order valence-electron chi connectivity index (χ2n) is 22.6. The first-order valence-corrected chi connectivity index (χ1v) is 30.3. The van der Waals surface area contributed by atoms with Crippen molar-refractivity contribution in [2.45, 2.75) is 0 Å². The zero-order valence-electron chi connectivity index (χ0n) is 47.4. The van der Waals surface area contributed by atoms with Crippen molar-refractivity contribution >= 4 is 146 Å². The second-order valence-corrected chi connectivity index (χ2v) is 23.2. The summed E-state index contributed by atoms with van der Waals surface area (Å²) in [5.74, 6) is 1.64. The molecule has 0 amide bonds. The summed E-state index contributed by atoms with van der Waals surface area (Å²) < 4.78 is 7.80. The van der Waals surface area contributed by atoms with Gasteiger partial charge in [0.1, 0.15) is 11.5 Å². The first kappa shape index (κ1) is 50.7. The number of ether oxygens (including phenoxy) is 1. The van der Waals surface area contributed by atoms with E-state index in [0.29, 0.717) is 0 Å². The van der Waals surface area contributed by atoms with Gasteiger partial charge in [0.2, 0.25) is 0 Å². The summed E-state index contributed by atoms with van der Waals surface area (Å²) in [6.07, 6.45) is 0. The lowest BCUT2D eigenvalue weighted by Crippen LogP contribution is -2.64. The Bertz CT molecular complexity index is 4700. The Morgan fingerprint density at radius 3 is 1.21 bits per heavy atom. The third-order valence-electron chi connectivity index (χ3n) is 17.7. The van der Waals surface area contributed by atoms with Gasteiger partial charge in [0.25, 0.3) is 13.4 Å². The van der Waals surface area contributed by atoms with Gasteiger partial charge in [-0.1, -0.05) is 200 Å². The van der Waals surface area contributed by atoms with Gasteiger partial charge in [0.05, 0.1) is 17.1 Å². The van der Waals surface area contributed by atoms with E-state index >= 15 is 0 Å². The summed E-state index contributed by atoms with van der Waals surface area (Å²) in [5.41, 5.74) is 25.5. The van der Waals surface area contributed by atoms with Crippen molar-refractivity contribution in [3.8, 4) is 22.6 Å². The maximum Gasteiger partial charge on any atom is 0.256 e. The van der Waals surface area contributed by atoms with E-state index in [2.05, 4.69) is 349 Å². The normalized spacial score (nSPS) is 12.9. The molecule has 4 heterocycles. The summed E-state index contributed by atoms with van der Waals surface area (Å²) in [7, 11) is 3.16. The lowest BCUT2D eigenvalue weighted by Gasteiger charge is -2.46. The van der Waals surface area contributed by atoms with Gasteiger partial charge < -0.3 is 29.2 Å². The van der Waals surface area contributed by atoms with Crippen molar-refractivity contribution in [1.29, 1.82) is 0 Å². The van der Waals surface area contributed by atoms with E-state index in [1.54, 1.807) is 0 Å². The molecule has 9 heteroatoms. The topological polar surface area (TPSA) is 25.4 Å². The molecule has 13 aromatic carbocycles. The minimum atomic E-state index is -0.191. The SMILES string of the molecule is Pc1cccc(-c2ccccc2)c1N1c2cc3c(cc2B2c4ccccc4N(c4ccccc4)c4cc(N(c5ccccc5)c5ccccc5)cc1c42)B1c2ccccc2N(c2ccccc2)c2cc(N(c4ccccc4)c4ccccc4)cc(c21)O3. The monoisotopic (exact) mass is 1130 g/mol. The Morgan fingerprint density at radius 2 is 0.701 bits per heavy atom. The van der Waals surface area contributed by atoms with E-state index in [0.717, 1.165) is 124 Å². The highest BCUT2D eigenvalue weighted by molar-refractivity contribution is 7.28. The van der Waals surface area contributed by atoms with E-state index in [9.17, 15) is 0 Å². The smallest absolute Gasteiger partial charge is 0.256 e. The summed E-state index contributed by atoms with van der Waals surface area (Å²) in [5, 5.41) is 1.07. The molecule has 6 nitrogen and oxygen atoms in total. The van der Waals surface area contributed by atoms with E-state index < -0.39 is 0 Å². The molecule has 0 aromatic heterocycles. The molecule has 0 spiro atoms. The minimum absolute atomic E-state index is 0.188. The fraction of sp³-hybridized carbons (Fsp3) is 0. The van der Waals surface area contributed by atoms with Gasteiger partial charge in [-0.25, -0.2) is 0 Å². The Labute approximate surface area is 510 Å². The predicted molar refractivity (Wildman–Crippen MR) is 370 cm³/mol. The number of hydrogen-bond donors (Lipinski definition) is 0. The first-order chi connectivity index (χ1) is 43.1. The van der Waals surface area contributed by atoms with Crippen molar-refractivity contribution in [3.63, 3.8) is 0 Å². The predicted octanol–water partition coefficient (Wildman–Crippen LogP) is 16.3. The second kappa shape index (κ2) is 20.8. The molecule has 13 aromatic rings. The Balaban J connectivity index is 0.982. The lowest BCUT2D eigenvalue weighted by molar-refractivity contribution is 0.488. The van der Waals surface area contributed by atoms with Gasteiger partial charge >= 0.3 is 0 Å². The molecule has 4 aliphatic rings. The zero-order chi connectivity index (χ0) is 57.5. The van der Waals surface area contributed by atoms with Gasteiger partial charge in [-0.15, -0.1) is 9.24 Å². The van der Waals surface area contributed by atoms with Crippen LogP contribution >= 0.6 is 9.24 Å². The fourth-order valence-corrected chi connectivity index (χ4v) is 14.6. The Morgan fingerprint density at radius 1 is 0.287 bits per heavy atom. The number of para-hydroxylation sites is 9. The van der Waals surface area contributed by atoms with Crippen molar-refractivity contribution in [2.75, 3.05) is 24.5 Å². The highest BCUT2D eigenvalue weighted by Crippen LogP contribution is 2.52. The maximum absolute atomic E-state index is 7.80. The number of hydrogen-bond acceptors (Lipinski definition) is 6. The minimum Gasteiger partial charge on any atom is -0.458 e. The van der Waals surface area contributed by atoms with Crippen molar-refractivity contribution in [2.24, 2.45) is 0 Å². The number of fused-ring (bicyclic) bond motifs is 8. The number of nitrogens with zero attached hydrogens (tertiary/aromatic N) is 5. The summed E-state index contributed by atoms with van der Waals surface area (Å²) in [6, 6.07) is 115. The molecule has 408 valence electrons. The molecule has 0 radical (unpaired) electrons. The molecule has 0 bridgehead atoms. The van der Waals surface area contributed by atoms with Crippen LogP contribution in [-0.4, -0.2) is 13.4 Å². The van der Waals surface area contributed by atoms with Crippen LogP contribution in [-0.2, 0) is 0 Å². The molecule has 87 heavy (non-hydrogen) atoms. The number of benzene rings is 13. The number of anilines is 15. The average molecular weight is 1130 g/mol. The fourth-order valence-electron chi connectivity index (χ4n) is 14.2. The highest BCUT2D eigenvalue weighted by atomic mass is 31.0. The van der Waals surface area contributed by atoms with Crippen LogP contribution in [0.5, 0.6) is 11.5 Å². The van der Waals surface area contributed by atoms with Crippen molar-refractivity contribution in [1.82, 2.24) is 0 Å². The molecule has 17 rings (SSSR count). The van der Waals surface area contributed by atoms with Crippen LogP contribution in [0.15, 0.2) is 315 Å². The lowest BCUT2D eigenvalue weighted by atomic mass is 9.30. The molecule has 0 fully saturated rings.